The van der Waals surface area contributed by atoms with Gasteiger partial charge in [-0.3, -0.25) is 4.79 Å². The van der Waals surface area contributed by atoms with Gasteiger partial charge in [-0.05, 0) is 50.7 Å². The first-order chi connectivity index (χ1) is 11.4. The first-order valence-corrected chi connectivity index (χ1v) is 8.80. The Labute approximate surface area is 144 Å². The van der Waals surface area contributed by atoms with Gasteiger partial charge >= 0.3 is 5.97 Å². The average molecular weight is 348 g/mol. The van der Waals surface area contributed by atoms with E-state index in [0.29, 0.717) is 22.4 Å². The quantitative estimate of drug-likeness (QED) is 0.857. The van der Waals surface area contributed by atoms with E-state index in [4.69, 9.17) is 9.26 Å². The van der Waals surface area contributed by atoms with Crippen LogP contribution in [0.1, 0.15) is 46.1 Å². The van der Waals surface area contributed by atoms with Gasteiger partial charge in [0.1, 0.15) is 10.6 Å². The molecule has 0 aliphatic heterocycles. The number of nitrogens with one attached hydrogen (secondary N) is 1. The third kappa shape index (κ3) is 3.67. The highest BCUT2D eigenvalue weighted by atomic mass is 32.1. The molecule has 0 unspecified atom stereocenters. The van der Waals surface area contributed by atoms with Crippen molar-refractivity contribution in [3.8, 4) is 0 Å². The topological polar surface area (TPSA) is 81.4 Å². The number of hydrogen-bond acceptors (Lipinski definition) is 6. The van der Waals surface area contributed by atoms with Crippen LogP contribution >= 0.6 is 11.3 Å². The molecule has 128 valence electrons. The van der Waals surface area contributed by atoms with Crippen LogP contribution in [0.2, 0.25) is 0 Å². The number of carbonyl (C=O) groups is 2. The molecule has 0 fully saturated rings. The van der Waals surface area contributed by atoms with Gasteiger partial charge in [0.2, 0.25) is 0 Å². The predicted octanol–water partition coefficient (Wildman–Crippen LogP) is 3.35. The fourth-order valence-electron chi connectivity index (χ4n) is 2.73. The normalized spacial score (nSPS) is 17.9. The summed E-state index contributed by atoms with van der Waals surface area (Å²) in [5, 5.41) is 6.24. The Balaban J connectivity index is 1.60. The van der Waals surface area contributed by atoms with Crippen molar-refractivity contribution in [3.05, 3.63) is 33.2 Å². The number of anilines is 1. The van der Waals surface area contributed by atoms with Crippen molar-refractivity contribution in [1.29, 1.82) is 0 Å². The summed E-state index contributed by atoms with van der Waals surface area (Å²) >= 11 is 1.47. The van der Waals surface area contributed by atoms with Crippen LogP contribution in [0.4, 0.5) is 5.82 Å². The second-order valence-corrected chi connectivity index (χ2v) is 7.40. The molecule has 24 heavy (non-hydrogen) atoms. The number of esters is 1. The predicted molar refractivity (Wildman–Crippen MR) is 90.3 cm³/mol. The molecular weight excluding hydrogens is 328 g/mol. The van der Waals surface area contributed by atoms with Gasteiger partial charge in [-0.1, -0.05) is 12.1 Å². The van der Waals surface area contributed by atoms with Crippen molar-refractivity contribution >= 4 is 29.0 Å². The van der Waals surface area contributed by atoms with Crippen LogP contribution in [-0.2, 0) is 22.4 Å². The zero-order valence-corrected chi connectivity index (χ0v) is 14.7. The molecule has 1 aliphatic carbocycles. The third-order valence-electron chi connectivity index (χ3n) is 4.06. The molecule has 0 radical (unpaired) electrons. The Morgan fingerprint density at radius 1 is 1.46 bits per heavy atom. The van der Waals surface area contributed by atoms with Crippen molar-refractivity contribution in [2.75, 3.05) is 5.32 Å². The lowest BCUT2D eigenvalue weighted by atomic mass is 9.90. The summed E-state index contributed by atoms with van der Waals surface area (Å²) in [6.45, 7) is 5.48. The van der Waals surface area contributed by atoms with Crippen molar-refractivity contribution in [2.45, 2.75) is 46.1 Å². The number of amides is 1. The lowest BCUT2D eigenvalue weighted by Gasteiger charge is -2.16. The maximum absolute atomic E-state index is 12.3. The molecule has 1 amide bonds. The molecular formula is C17H20N2O4S. The van der Waals surface area contributed by atoms with E-state index in [2.05, 4.69) is 17.4 Å². The Kier molecular flexibility index (Phi) is 4.71. The lowest BCUT2D eigenvalue weighted by Crippen LogP contribution is -2.29. The highest BCUT2D eigenvalue weighted by Crippen LogP contribution is 2.32. The largest absolute Gasteiger partial charge is 0.448 e. The van der Waals surface area contributed by atoms with Crippen molar-refractivity contribution in [2.24, 2.45) is 5.92 Å². The van der Waals surface area contributed by atoms with Crippen LogP contribution in [0.3, 0.4) is 0 Å². The highest BCUT2D eigenvalue weighted by Gasteiger charge is 2.24. The zero-order chi connectivity index (χ0) is 17.3. The number of thiophene rings is 1. The Bertz CT molecular complexity index is 764. The molecule has 0 bridgehead atoms. The first-order valence-electron chi connectivity index (χ1n) is 7.99. The van der Waals surface area contributed by atoms with Gasteiger partial charge in [0.15, 0.2) is 11.9 Å². The maximum atomic E-state index is 12.3. The van der Waals surface area contributed by atoms with Crippen LogP contribution in [0.25, 0.3) is 0 Å². The summed E-state index contributed by atoms with van der Waals surface area (Å²) in [4.78, 5) is 26.2. The third-order valence-corrected chi connectivity index (χ3v) is 5.28. The van der Waals surface area contributed by atoms with Gasteiger partial charge in [0, 0.05) is 10.9 Å². The van der Waals surface area contributed by atoms with Crippen molar-refractivity contribution in [1.82, 2.24) is 5.16 Å². The number of aryl methyl sites for hydroxylation is 2. The standard InChI is InChI=1S/C17H20N2O4S/c1-9-4-5-13-12(6-9)8-14(24-13)17(21)22-11(3)16(20)18-15-7-10(2)23-19-15/h7-9,11H,4-6H2,1-3H3,(H,18,19,20)/t9-,11-/m1/s1. The molecule has 3 rings (SSSR count). The molecule has 2 heterocycles. The highest BCUT2D eigenvalue weighted by molar-refractivity contribution is 7.14. The first kappa shape index (κ1) is 16.7. The molecule has 6 nitrogen and oxygen atoms in total. The Morgan fingerprint density at radius 2 is 2.25 bits per heavy atom. The van der Waals surface area contributed by atoms with E-state index in [9.17, 15) is 9.59 Å². The summed E-state index contributed by atoms with van der Waals surface area (Å²) in [7, 11) is 0. The number of rotatable bonds is 4. The van der Waals surface area contributed by atoms with Crippen molar-refractivity contribution < 1.29 is 18.8 Å². The second-order valence-electron chi connectivity index (χ2n) is 6.27. The van der Waals surface area contributed by atoms with E-state index in [1.54, 1.807) is 13.0 Å². The molecule has 0 saturated carbocycles. The molecule has 1 N–H and O–H groups in total. The lowest BCUT2D eigenvalue weighted by molar-refractivity contribution is -0.123. The van der Waals surface area contributed by atoms with E-state index >= 15 is 0 Å². The monoisotopic (exact) mass is 348 g/mol. The average Bonchev–Trinajstić information content (AvgIpc) is 3.12. The van der Waals surface area contributed by atoms with Gasteiger partial charge in [-0.25, -0.2) is 4.79 Å². The van der Waals surface area contributed by atoms with E-state index in [1.165, 1.54) is 28.7 Å². The van der Waals surface area contributed by atoms with E-state index < -0.39 is 18.0 Å². The summed E-state index contributed by atoms with van der Waals surface area (Å²) in [5.74, 6) is 0.647. The molecule has 2 aromatic rings. The number of carbonyl (C=O) groups excluding carboxylic acids is 2. The number of ether oxygens (including phenoxy) is 1. The number of nitrogens with zero attached hydrogens (tertiary/aromatic N) is 1. The van der Waals surface area contributed by atoms with Gasteiger partial charge in [-0.2, -0.15) is 0 Å². The van der Waals surface area contributed by atoms with Crippen LogP contribution in [0.15, 0.2) is 16.7 Å². The molecule has 2 aromatic heterocycles. The molecule has 1 aliphatic rings. The smallest absolute Gasteiger partial charge is 0.349 e. The number of fused-ring (bicyclic) bond motifs is 1. The minimum atomic E-state index is -0.910. The molecule has 0 spiro atoms. The van der Waals surface area contributed by atoms with Gasteiger partial charge < -0.3 is 14.6 Å². The van der Waals surface area contributed by atoms with Gasteiger partial charge in [-0.15, -0.1) is 11.3 Å². The summed E-state index contributed by atoms with van der Waals surface area (Å²) in [6.07, 6.45) is 2.25. The minimum absolute atomic E-state index is 0.306. The van der Waals surface area contributed by atoms with Gasteiger partial charge in [0.25, 0.3) is 5.91 Å². The van der Waals surface area contributed by atoms with Gasteiger partial charge in [0.05, 0.1) is 0 Å². The zero-order valence-electron chi connectivity index (χ0n) is 13.9. The summed E-state index contributed by atoms with van der Waals surface area (Å²) in [6, 6.07) is 3.50. The second kappa shape index (κ2) is 6.76. The van der Waals surface area contributed by atoms with E-state index in [1.807, 2.05) is 6.07 Å². The summed E-state index contributed by atoms with van der Waals surface area (Å²) in [5.41, 5.74) is 1.24. The van der Waals surface area contributed by atoms with Crippen molar-refractivity contribution in [3.63, 3.8) is 0 Å². The van der Waals surface area contributed by atoms with Crippen LogP contribution in [-0.4, -0.2) is 23.1 Å². The fourth-order valence-corrected chi connectivity index (χ4v) is 3.82. The number of aromatic nitrogens is 1. The fraction of sp³-hybridized carbons (Fsp3) is 0.471. The summed E-state index contributed by atoms with van der Waals surface area (Å²) < 4.78 is 10.2. The van der Waals surface area contributed by atoms with Crippen LogP contribution < -0.4 is 5.32 Å². The molecule has 2 atom stereocenters. The Morgan fingerprint density at radius 3 is 2.96 bits per heavy atom. The van der Waals surface area contributed by atoms with E-state index in [-0.39, 0.29) is 0 Å². The number of hydrogen-bond donors (Lipinski definition) is 1. The van der Waals surface area contributed by atoms with Crippen LogP contribution in [0, 0.1) is 12.8 Å². The minimum Gasteiger partial charge on any atom is -0.448 e. The van der Waals surface area contributed by atoms with Crippen LogP contribution in [0.5, 0.6) is 0 Å². The SMILES string of the molecule is Cc1cc(NC(=O)[C@@H](C)OC(=O)c2cc3c(s2)CC[C@@H](C)C3)no1. The molecule has 7 heteroatoms. The van der Waals surface area contributed by atoms with E-state index in [0.717, 1.165) is 19.3 Å². The Hall–Kier alpha value is -2.15. The molecule has 0 aromatic carbocycles. The molecule has 0 saturated heterocycles. The maximum Gasteiger partial charge on any atom is 0.349 e.